The Balaban J connectivity index is 2.04. The Bertz CT molecular complexity index is 718. The van der Waals surface area contributed by atoms with Crippen LogP contribution in [0.15, 0.2) is 22.2 Å². The van der Waals surface area contributed by atoms with Gasteiger partial charge in [0.15, 0.2) is 0 Å². The molecule has 2 heterocycles. The van der Waals surface area contributed by atoms with Crippen molar-refractivity contribution < 1.29 is 8.42 Å². The van der Waals surface area contributed by atoms with Crippen LogP contribution in [0.2, 0.25) is 5.15 Å². The second-order valence-corrected chi connectivity index (χ2v) is 8.02. The first-order valence-electron chi connectivity index (χ1n) is 5.58. The zero-order valence-corrected chi connectivity index (χ0v) is 14.4. The standard InChI is InChI=1S/C11H11BrClN3O2S2/c1-7-10(19-6-15-7)2-3-20(17,18)16-8-4-9(12)11(13)14-5-8/h4-6,16H,2-3H2,1H3. The van der Waals surface area contributed by atoms with E-state index < -0.39 is 10.0 Å². The summed E-state index contributed by atoms with van der Waals surface area (Å²) in [4.78, 5) is 8.94. The van der Waals surface area contributed by atoms with Gasteiger partial charge in [0.2, 0.25) is 10.0 Å². The Hall–Kier alpha value is -0.700. The quantitative estimate of drug-likeness (QED) is 0.788. The summed E-state index contributed by atoms with van der Waals surface area (Å²) in [5.74, 6) is -0.00369. The first kappa shape index (κ1) is 15.7. The molecule has 0 aliphatic heterocycles. The van der Waals surface area contributed by atoms with Gasteiger partial charge in [-0.05, 0) is 35.3 Å². The van der Waals surface area contributed by atoms with E-state index in [2.05, 4.69) is 30.6 Å². The van der Waals surface area contributed by atoms with Crippen molar-refractivity contribution >= 4 is 54.6 Å². The lowest BCUT2D eigenvalue weighted by Gasteiger charge is -2.08. The minimum Gasteiger partial charge on any atom is -0.282 e. The van der Waals surface area contributed by atoms with Crippen LogP contribution in [0.4, 0.5) is 5.69 Å². The highest BCUT2D eigenvalue weighted by Gasteiger charge is 2.13. The maximum Gasteiger partial charge on any atom is 0.233 e. The van der Waals surface area contributed by atoms with Gasteiger partial charge in [0.05, 0.1) is 33.3 Å². The molecule has 0 aromatic carbocycles. The zero-order valence-electron chi connectivity index (χ0n) is 10.4. The minimum atomic E-state index is -3.43. The molecule has 0 amide bonds. The Morgan fingerprint density at radius 1 is 1.45 bits per heavy atom. The van der Waals surface area contributed by atoms with Gasteiger partial charge in [0.25, 0.3) is 0 Å². The van der Waals surface area contributed by atoms with Gasteiger partial charge in [0, 0.05) is 4.88 Å². The van der Waals surface area contributed by atoms with Crippen LogP contribution in [0.1, 0.15) is 10.6 Å². The number of nitrogens with zero attached hydrogens (tertiary/aromatic N) is 2. The number of aromatic nitrogens is 2. The number of hydrogen-bond donors (Lipinski definition) is 1. The maximum atomic E-state index is 12.0. The lowest BCUT2D eigenvalue weighted by atomic mass is 10.3. The second-order valence-electron chi connectivity index (χ2n) is 4.03. The monoisotopic (exact) mass is 395 g/mol. The molecular formula is C11H11BrClN3O2S2. The molecule has 0 fully saturated rings. The lowest BCUT2D eigenvalue weighted by Crippen LogP contribution is -2.18. The van der Waals surface area contributed by atoms with E-state index in [-0.39, 0.29) is 10.9 Å². The molecule has 20 heavy (non-hydrogen) atoms. The van der Waals surface area contributed by atoms with Gasteiger partial charge in [-0.2, -0.15) is 0 Å². The van der Waals surface area contributed by atoms with E-state index in [1.54, 1.807) is 11.6 Å². The SMILES string of the molecule is Cc1ncsc1CCS(=O)(=O)Nc1cnc(Cl)c(Br)c1. The van der Waals surface area contributed by atoms with E-state index in [4.69, 9.17) is 11.6 Å². The summed E-state index contributed by atoms with van der Waals surface area (Å²) in [6.07, 6.45) is 1.82. The third-order valence-electron chi connectivity index (χ3n) is 2.51. The van der Waals surface area contributed by atoms with Crippen LogP contribution in [0.25, 0.3) is 0 Å². The van der Waals surface area contributed by atoms with E-state index in [1.165, 1.54) is 17.5 Å². The molecule has 0 bridgehead atoms. The molecule has 108 valence electrons. The van der Waals surface area contributed by atoms with Crippen molar-refractivity contribution in [2.24, 2.45) is 0 Å². The Labute approximate surface area is 134 Å². The van der Waals surface area contributed by atoms with Gasteiger partial charge in [-0.15, -0.1) is 11.3 Å². The molecule has 2 rings (SSSR count). The summed E-state index contributed by atoms with van der Waals surface area (Å²) in [6, 6.07) is 1.57. The fourth-order valence-electron chi connectivity index (χ4n) is 1.50. The Morgan fingerprint density at radius 2 is 2.20 bits per heavy atom. The van der Waals surface area contributed by atoms with Crippen LogP contribution in [0, 0.1) is 6.92 Å². The number of sulfonamides is 1. The van der Waals surface area contributed by atoms with Crippen molar-refractivity contribution in [2.75, 3.05) is 10.5 Å². The normalized spacial score (nSPS) is 11.6. The fraction of sp³-hybridized carbons (Fsp3) is 0.273. The molecule has 2 aromatic heterocycles. The highest BCUT2D eigenvalue weighted by Crippen LogP contribution is 2.23. The summed E-state index contributed by atoms with van der Waals surface area (Å²) in [5.41, 5.74) is 2.97. The molecule has 0 aliphatic rings. The third-order valence-corrected chi connectivity index (χ3v) is 5.93. The van der Waals surface area contributed by atoms with Crippen LogP contribution >= 0.6 is 38.9 Å². The van der Waals surface area contributed by atoms with Crippen molar-refractivity contribution in [2.45, 2.75) is 13.3 Å². The van der Waals surface area contributed by atoms with Crippen molar-refractivity contribution in [1.82, 2.24) is 9.97 Å². The fourth-order valence-corrected chi connectivity index (χ4v) is 3.91. The molecule has 0 spiro atoms. The summed E-state index contributed by atoms with van der Waals surface area (Å²) in [5, 5.41) is 0.285. The molecule has 0 radical (unpaired) electrons. The highest BCUT2D eigenvalue weighted by atomic mass is 79.9. The van der Waals surface area contributed by atoms with Gasteiger partial charge < -0.3 is 0 Å². The van der Waals surface area contributed by atoms with Crippen LogP contribution in [0.3, 0.4) is 0 Å². The largest absolute Gasteiger partial charge is 0.282 e. The van der Waals surface area contributed by atoms with Crippen molar-refractivity contribution in [3.63, 3.8) is 0 Å². The number of rotatable bonds is 5. The topological polar surface area (TPSA) is 72.0 Å². The number of anilines is 1. The molecule has 9 heteroatoms. The van der Waals surface area contributed by atoms with Gasteiger partial charge in [-0.25, -0.2) is 18.4 Å². The summed E-state index contributed by atoms with van der Waals surface area (Å²) < 4.78 is 27.0. The van der Waals surface area contributed by atoms with Crippen LogP contribution in [-0.2, 0) is 16.4 Å². The van der Waals surface area contributed by atoms with Crippen molar-refractivity contribution in [3.8, 4) is 0 Å². The minimum absolute atomic E-state index is 0.00369. The molecule has 0 unspecified atom stereocenters. The third kappa shape index (κ3) is 4.15. The Kier molecular flexibility index (Phi) is 5.00. The van der Waals surface area contributed by atoms with E-state index in [1.807, 2.05) is 6.92 Å². The average Bonchev–Trinajstić information content (AvgIpc) is 2.77. The van der Waals surface area contributed by atoms with E-state index in [0.717, 1.165) is 10.6 Å². The molecule has 0 saturated heterocycles. The lowest BCUT2D eigenvalue weighted by molar-refractivity contribution is 0.600. The van der Waals surface area contributed by atoms with Gasteiger partial charge in [-0.3, -0.25) is 4.72 Å². The van der Waals surface area contributed by atoms with Crippen LogP contribution < -0.4 is 4.72 Å². The first-order chi connectivity index (χ1) is 9.37. The smallest absolute Gasteiger partial charge is 0.233 e. The number of aryl methyl sites for hydroxylation is 2. The number of hydrogen-bond acceptors (Lipinski definition) is 5. The Morgan fingerprint density at radius 3 is 2.80 bits per heavy atom. The maximum absolute atomic E-state index is 12.0. The van der Waals surface area contributed by atoms with Gasteiger partial charge >= 0.3 is 0 Å². The van der Waals surface area contributed by atoms with E-state index in [0.29, 0.717) is 16.6 Å². The second kappa shape index (κ2) is 6.38. The molecular weight excluding hydrogens is 386 g/mol. The highest BCUT2D eigenvalue weighted by molar-refractivity contribution is 9.10. The number of halogens is 2. The van der Waals surface area contributed by atoms with E-state index in [9.17, 15) is 8.42 Å². The number of pyridine rings is 1. The number of nitrogens with one attached hydrogen (secondary N) is 1. The molecule has 2 aromatic rings. The van der Waals surface area contributed by atoms with Crippen molar-refractivity contribution in [3.05, 3.63) is 38.0 Å². The van der Waals surface area contributed by atoms with Crippen LogP contribution in [0.5, 0.6) is 0 Å². The predicted molar refractivity (Wildman–Crippen MR) is 84.9 cm³/mol. The summed E-state index contributed by atoms with van der Waals surface area (Å²) in [6.45, 7) is 1.87. The van der Waals surface area contributed by atoms with Crippen molar-refractivity contribution in [1.29, 1.82) is 0 Å². The first-order valence-corrected chi connectivity index (χ1v) is 9.28. The molecule has 0 aliphatic carbocycles. The summed E-state index contributed by atoms with van der Waals surface area (Å²) in [7, 11) is -3.43. The predicted octanol–water partition coefficient (Wildman–Crippen LogP) is 3.25. The van der Waals surface area contributed by atoms with E-state index >= 15 is 0 Å². The molecule has 0 saturated carbocycles. The molecule has 5 nitrogen and oxygen atoms in total. The molecule has 1 N–H and O–H groups in total. The summed E-state index contributed by atoms with van der Waals surface area (Å²) >= 11 is 10.4. The number of thiazole rings is 1. The zero-order chi connectivity index (χ0) is 14.8. The van der Waals surface area contributed by atoms with Crippen LogP contribution in [-0.4, -0.2) is 24.1 Å². The van der Waals surface area contributed by atoms with Gasteiger partial charge in [-0.1, -0.05) is 11.6 Å². The molecule has 0 atom stereocenters. The average molecular weight is 397 g/mol. The van der Waals surface area contributed by atoms with Gasteiger partial charge in [0.1, 0.15) is 5.15 Å².